The zero-order valence-electron chi connectivity index (χ0n) is 23.1. The van der Waals surface area contributed by atoms with Crippen LogP contribution in [0.4, 0.5) is 0 Å². The molecule has 214 valence electrons. The molecule has 3 N–H and O–H groups in total. The van der Waals surface area contributed by atoms with Crippen molar-refractivity contribution < 1.29 is 33.4 Å². The highest BCUT2D eigenvalue weighted by molar-refractivity contribution is 6.01. The first-order valence-electron chi connectivity index (χ1n) is 12.8. The monoisotopic (exact) mass is 567 g/mol. The molecule has 0 heterocycles. The van der Waals surface area contributed by atoms with E-state index in [0.29, 0.717) is 16.9 Å². The molecule has 0 spiro atoms. The van der Waals surface area contributed by atoms with Crippen molar-refractivity contribution in [2.75, 3.05) is 13.2 Å². The molecular formula is C32H29N3O7. The highest BCUT2D eigenvalue weighted by Crippen LogP contribution is 2.16. The van der Waals surface area contributed by atoms with Gasteiger partial charge in [0.2, 0.25) is 0 Å². The van der Waals surface area contributed by atoms with E-state index in [1.807, 2.05) is 18.2 Å². The second-order valence-electron chi connectivity index (χ2n) is 8.77. The standard InChI is InChI=1S/C32H29N3O7/c1-3-40-28(36)17-18-35(20-29(37)41-21-24-7-5-4-6-8-24)31(38)22(2)19-23-9-11-26(12-10-23)32(39)42-27-15-13-25(14-16-27)30(33)34/h4-16,19H,3,20-21H2,1-2H3,(H3,33,34). The van der Waals surface area contributed by atoms with E-state index in [9.17, 15) is 19.2 Å². The van der Waals surface area contributed by atoms with Crippen LogP contribution in [0.5, 0.6) is 5.75 Å². The molecule has 0 fully saturated rings. The fourth-order valence-electron chi connectivity index (χ4n) is 3.46. The van der Waals surface area contributed by atoms with Gasteiger partial charge in [0, 0.05) is 23.1 Å². The smallest absolute Gasteiger partial charge is 0.386 e. The maximum absolute atomic E-state index is 13.2. The number of nitrogens with two attached hydrogens (primary N) is 1. The van der Waals surface area contributed by atoms with Crippen molar-refractivity contribution in [2.24, 2.45) is 5.73 Å². The topological polar surface area (TPSA) is 149 Å². The van der Waals surface area contributed by atoms with Gasteiger partial charge in [0.05, 0.1) is 12.2 Å². The van der Waals surface area contributed by atoms with E-state index in [2.05, 4.69) is 12.0 Å². The normalized spacial score (nSPS) is 10.5. The molecule has 0 bridgehead atoms. The van der Waals surface area contributed by atoms with Crippen LogP contribution in [-0.4, -0.2) is 47.7 Å². The first kappa shape index (κ1) is 30.8. The summed E-state index contributed by atoms with van der Waals surface area (Å²) < 4.78 is 15.4. The van der Waals surface area contributed by atoms with E-state index in [-0.39, 0.29) is 30.2 Å². The lowest BCUT2D eigenvalue weighted by molar-refractivity contribution is -0.148. The summed E-state index contributed by atoms with van der Waals surface area (Å²) in [7, 11) is 0. The summed E-state index contributed by atoms with van der Waals surface area (Å²) >= 11 is 0. The highest BCUT2D eigenvalue weighted by atomic mass is 16.5. The number of nitrogens with one attached hydrogen (secondary N) is 1. The Balaban J connectivity index is 1.69. The van der Waals surface area contributed by atoms with Crippen molar-refractivity contribution in [2.45, 2.75) is 20.5 Å². The van der Waals surface area contributed by atoms with E-state index >= 15 is 0 Å². The molecule has 0 aliphatic heterocycles. The van der Waals surface area contributed by atoms with Crippen molar-refractivity contribution >= 4 is 35.7 Å². The molecule has 0 aliphatic carbocycles. The quantitative estimate of drug-likeness (QED) is 0.0717. The average Bonchev–Trinajstić information content (AvgIpc) is 2.99. The Morgan fingerprint density at radius 1 is 0.905 bits per heavy atom. The lowest BCUT2D eigenvalue weighted by atomic mass is 10.1. The number of nitrogen functional groups attached to an aromatic ring is 1. The van der Waals surface area contributed by atoms with Gasteiger partial charge in [-0.05, 0) is 67.4 Å². The SMILES string of the molecule is CCOC(=O)C#CN(CC(=O)OCc1ccccc1)C(=O)C(C)=Cc1ccc(C(=O)Oc2ccc(C(=N)N)cc2)cc1. The Kier molecular flexibility index (Phi) is 11.2. The number of hydrogen-bond donors (Lipinski definition) is 2. The number of carbonyl (C=O) groups excluding carboxylic acids is 4. The zero-order chi connectivity index (χ0) is 30.5. The zero-order valence-corrected chi connectivity index (χ0v) is 23.1. The first-order chi connectivity index (χ1) is 20.2. The largest absolute Gasteiger partial charge is 0.459 e. The van der Waals surface area contributed by atoms with Crippen LogP contribution in [0.2, 0.25) is 0 Å². The van der Waals surface area contributed by atoms with Crippen molar-refractivity contribution in [1.29, 1.82) is 5.41 Å². The minimum absolute atomic E-state index is 0.0142. The minimum Gasteiger partial charge on any atom is -0.459 e. The van der Waals surface area contributed by atoms with Crippen LogP contribution in [0.1, 0.15) is 40.9 Å². The van der Waals surface area contributed by atoms with E-state index in [1.54, 1.807) is 49.4 Å². The first-order valence-corrected chi connectivity index (χ1v) is 12.8. The number of nitrogens with zero attached hydrogens (tertiary/aromatic N) is 1. The molecule has 0 radical (unpaired) electrons. The lowest BCUT2D eigenvalue weighted by Crippen LogP contribution is -2.33. The summed E-state index contributed by atoms with van der Waals surface area (Å²) in [6, 6.07) is 24.0. The fraction of sp³-hybridized carbons (Fsp3) is 0.156. The number of benzene rings is 3. The Morgan fingerprint density at radius 3 is 2.17 bits per heavy atom. The number of amidine groups is 1. The van der Waals surface area contributed by atoms with Crippen molar-refractivity contribution in [3.63, 3.8) is 0 Å². The number of carbonyl (C=O) groups is 4. The van der Waals surface area contributed by atoms with Crippen LogP contribution in [-0.2, 0) is 30.5 Å². The van der Waals surface area contributed by atoms with Crippen LogP contribution in [0, 0.1) is 17.4 Å². The van der Waals surface area contributed by atoms with Gasteiger partial charge in [-0.15, -0.1) is 0 Å². The Labute approximate surface area is 243 Å². The summed E-state index contributed by atoms with van der Waals surface area (Å²) in [6.45, 7) is 2.76. The molecule has 3 aromatic carbocycles. The van der Waals surface area contributed by atoms with Gasteiger partial charge in [-0.2, -0.15) is 0 Å². The van der Waals surface area contributed by atoms with E-state index < -0.39 is 30.4 Å². The molecule has 0 saturated carbocycles. The average molecular weight is 568 g/mol. The molecule has 0 saturated heterocycles. The molecule has 0 atom stereocenters. The third kappa shape index (κ3) is 9.50. The molecule has 0 aromatic heterocycles. The number of rotatable bonds is 10. The third-order valence-electron chi connectivity index (χ3n) is 5.59. The molecule has 10 heteroatoms. The predicted octanol–water partition coefficient (Wildman–Crippen LogP) is 3.69. The van der Waals surface area contributed by atoms with Gasteiger partial charge >= 0.3 is 17.9 Å². The van der Waals surface area contributed by atoms with Crippen molar-refractivity contribution in [3.8, 4) is 17.7 Å². The second kappa shape index (κ2) is 15.2. The summed E-state index contributed by atoms with van der Waals surface area (Å²) in [5, 5.41) is 7.43. The molecule has 10 nitrogen and oxygen atoms in total. The van der Waals surface area contributed by atoms with Crippen molar-refractivity contribution in [3.05, 3.63) is 107 Å². The lowest BCUT2D eigenvalue weighted by Gasteiger charge is -2.15. The molecule has 0 aliphatic rings. The molecule has 42 heavy (non-hydrogen) atoms. The Morgan fingerprint density at radius 2 is 1.55 bits per heavy atom. The van der Waals surface area contributed by atoms with Crippen LogP contribution >= 0.6 is 0 Å². The van der Waals surface area contributed by atoms with E-state index in [0.717, 1.165) is 10.5 Å². The third-order valence-corrected chi connectivity index (χ3v) is 5.59. The van der Waals surface area contributed by atoms with Gasteiger partial charge < -0.3 is 19.9 Å². The van der Waals surface area contributed by atoms with Gasteiger partial charge in [0.1, 0.15) is 24.7 Å². The number of amides is 1. The summed E-state index contributed by atoms with van der Waals surface area (Å²) in [5.41, 5.74) is 7.79. The number of ether oxygens (including phenoxy) is 3. The maximum Gasteiger partial charge on any atom is 0.386 e. The molecule has 0 unspecified atom stereocenters. The summed E-state index contributed by atoms with van der Waals surface area (Å²) in [6.07, 6.45) is 1.55. The van der Waals surface area contributed by atoms with Crippen LogP contribution < -0.4 is 10.5 Å². The number of esters is 3. The van der Waals surface area contributed by atoms with Crippen LogP contribution in [0.15, 0.2) is 84.4 Å². The molecule has 3 rings (SSSR count). The van der Waals surface area contributed by atoms with Gasteiger partial charge in [0.25, 0.3) is 5.91 Å². The highest BCUT2D eigenvalue weighted by Gasteiger charge is 2.19. The molecule has 1 amide bonds. The predicted molar refractivity (Wildman–Crippen MR) is 155 cm³/mol. The summed E-state index contributed by atoms with van der Waals surface area (Å²) in [5.74, 6) is -0.370. The second-order valence-corrected chi connectivity index (χ2v) is 8.77. The fourth-order valence-corrected chi connectivity index (χ4v) is 3.46. The van der Waals surface area contributed by atoms with Gasteiger partial charge in [-0.1, -0.05) is 42.5 Å². The molecular weight excluding hydrogens is 538 g/mol. The van der Waals surface area contributed by atoms with E-state index in [4.69, 9.17) is 25.4 Å². The van der Waals surface area contributed by atoms with Crippen molar-refractivity contribution in [1.82, 2.24) is 4.90 Å². The van der Waals surface area contributed by atoms with Gasteiger partial charge in [-0.3, -0.25) is 19.9 Å². The Bertz CT molecular complexity index is 1530. The Hall–Kier alpha value is -5.69. The van der Waals surface area contributed by atoms with Crippen LogP contribution in [0.25, 0.3) is 6.08 Å². The van der Waals surface area contributed by atoms with Crippen LogP contribution in [0.3, 0.4) is 0 Å². The maximum atomic E-state index is 13.2. The van der Waals surface area contributed by atoms with Gasteiger partial charge in [0.15, 0.2) is 0 Å². The molecule has 3 aromatic rings. The number of hydrogen-bond acceptors (Lipinski definition) is 8. The van der Waals surface area contributed by atoms with E-state index in [1.165, 1.54) is 31.2 Å². The summed E-state index contributed by atoms with van der Waals surface area (Å²) in [4.78, 5) is 50.8. The van der Waals surface area contributed by atoms with Gasteiger partial charge in [-0.25, -0.2) is 9.59 Å². The minimum atomic E-state index is -0.841.